The molecule has 0 aliphatic rings. The number of hydrogen-bond donors (Lipinski definition) is 0. The summed E-state index contributed by atoms with van der Waals surface area (Å²) in [5.74, 6) is 0.0790. The molecular weight excluding hydrogens is 282 g/mol. The number of rotatable bonds is 4. The molecule has 0 radical (unpaired) electrons. The van der Waals surface area contributed by atoms with E-state index in [9.17, 15) is 4.79 Å². The zero-order chi connectivity index (χ0) is 13.2. The van der Waals surface area contributed by atoms with Gasteiger partial charge in [0.15, 0.2) is 5.78 Å². The lowest BCUT2D eigenvalue weighted by molar-refractivity contribution is 0.0986. The molecule has 0 saturated heterocycles. The zero-order valence-corrected chi connectivity index (χ0v) is 12.0. The normalized spacial score (nSPS) is 12.6. The van der Waals surface area contributed by atoms with Gasteiger partial charge in [0.1, 0.15) is 5.75 Å². The highest BCUT2D eigenvalue weighted by Crippen LogP contribution is 2.34. The molecule has 1 aromatic carbocycles. The summed E-state index contributed by atoms with van der Waals surface area (Å²) in [5, 5.41) is 0.0395. The van der Waals surface area contributed by atoms with Crippen molar-refractivity contribution < 1.29 is 9.53 Å². The van der Waals surface area contributed by atoms with Crippen LogP contribution in [0.15, 0.2) is 12.1 Å². The molecule has 1 rings (SSSR count). The van der Waals surface area contributed by atoms with Gasteiger partial charge >= 0.3 is 0 Å². The third-order valence-electron chi connectivity index (χ3n) is 1.99. The van der Waals surface area contributed by atoms with Crippen molar-refractivity contribution in [1.29, 1.82) is 0 Å². The van der Waals surface area contributed by atoms with Crippen molar-refractivity contribution in [3.8, 4) is 5.75 Å². The Morgan fingerprint density at radius 1 is 1.24 bits per heavy atom. The number of hydrogen-bond acceptors (Lipinski definition) is 2. The number of halogens is 3. The van der Waals surface area contributed by atoms with Crippen LogP contribution >= 0.6 is 34.8 Å². The summed E-state index contributed by atoms with van der Waals surface area (Å²) >= 11 is 17.7. The van der Waals surface area contributed by atoms with E-state index in [4.69, 9.17) is 39.5 Å². The van der Waals surface area contributed by atoms with Gasteiger partial charge in [-0.15, -0.1) is 11.6 Å². The first-order valence-corrected chi connectivity index (χ1v) is 6.36. The maximum Gasteiger partial charge on any atom is 0.184 e. The summed E-state index contributed by atoms with van der Waals surface area (Å²) < 4.78 is 5.53. The molecule has 5 heteroatoms. The fraction of sp³-hybridized carbons (Fsp3) is 0.417. The van der Waals surface area contributed by atoms with Gasteiger partial charge in [0.25, 0.3) is 0 Å². The van der Waals surface area contributed by atoms with Crippen LogP contribution in [0, 0.1) is 0 Å². The van der Waals surface area contributed by atoms with Crippen molar-refractivity contribution in [1.82, 2.24) is 0 Å². The van der Waals surface area contributed by atoms with Crippen LogP contribution in [-0.2, 0) is 0 Å². The molecule has 0 bridgehead atoms. The topological polar surface area (TPSA) is 26.3 Å². The van der Waals surface area contributed by atoms with Gasteiger partial charge in [-0.2, -0.15) is 0 Å². The summed E-state index contributed by atoms with van der Waals surface area (Å²) in [4.78, 5) is 11.9. The van der Waals surface area contributed by atoms with Crippen LogP contribution in [0.1, 0.15) is 31.1 Å². The molecule has 0 fully saturated rings. The van der Waals surface area contributed by atoms with Crippen molar-refractivity contribution in [3.05, 3.63) is 27.7 Å². The van der Waals surface area contributed by atoms with Crippen LogP contribution in [0.25, 0.3) is 0 Å². The van der Waals surface area contributed by atoms with Crippen LogP contribution in [0.4, 0.5) is 0 Å². The summed E-state index contributed by atoms with van der Waals surface area (Å²) in [6.45, 7) is 5.30. The average Bonchev–Trinajstić information content (AvgIpc) is 2.20. The summed E-state index contributed by atoms with van der Waals surface area (Å²) in [6, 6.07) is 3.06. The second-order valence-corrected chi connectivity index (χ2v) is 5.41. The van der Waals surface area contributed by atoms with Crippen LogP contribution < -0.4 is 4.74 Å². The number of ether oxygens (including phenoxy) is 1. The van der Waals surface area contributed by atoms with E-state index in [-0.39, 0.29) is 11.9 Å². The van der Waals surface area contributed by atoms with Crippen molar-refractivity contribution >= 4 is 40.6 Å². The van der Waals surface area contributed by atoms with E-state index < -0.39 is 5.38 Å². The Labute approximate surface area is 116 Å². The number of alkyl halides is 1. The van der Waals surface area contributed by atoms with E-state index in [2.05, 4.69) is 0 Å². The quantitative estimate of drug-likeness (QED) is 0.600. The van der Waals surface area contributed by atoms with E-state index in [1.165, 1.54) is 12.1 Å². The second-order valence-electron chi connectivity index (χ2n) is 3.91. The van der Waals surface area contributed by atoms with Crippen LogP contribution in [-0.4, -0.2) is 17.3 Å². The first kappa shape index (κ1) is 14.6. The lowest BCUT2D eigenvalue weighted by atomic mass is 10.1. The molecule has 94 valence electrons. The number of benzene rings is 1. The molecule has 1 atom stereocenters. The monoisotopic (exact) mass is 294 g/mol. The lowest BCUT2D eigenvalue weighted by Gasteiger charge is -2.16. The highest BCUT2D eigenvalue weighted by molar-refractivity contribution is 6.38. The average molecular weight is 296 g/mol. The zero-order valence-electron chi connectivity index (χ0n) is 9.76. The molecule has 0 spiro atoms. The maximum absolute atomic E-state index is 11.9. The predicted octanol–water partition coefficient (Wildman–Crippen LogP) is 4.59. The number of Topliss-reactive ketones (excluding diaryl/α,β-unsaturated/α-hetero) is 1. The Morgan fingerprint density at radius 3 is 2.29 bits per heavy atom. The molecule has 0 aliphatic heterocycles. The van der Waals surface area contributed by atoms with Gasteiger partial charge in [0.05, 0.1) is 22.1 Å². The van der Waals surface area contributed by atoms with Gasteiger partial charge in [-0.25, -0.2) is 0 Å². The molecule has 0 N–H and O–H groups in total. The Balaban J connectivity index is 3.29. The molecule has 0 amide bonds. The van der Waals surface area contributed by atoms with E-state index in [0.717, 1.165) is 0 Å². The molecule has 1 unspecified atom stereocenters. The first-order chi connectivity index (χ1) is 7.82. The van der Waals surface area contributed by atoms with Gasteiger partial charge in [-0.1, -0.05) is 23.2 Å². The highest BCUT2D eigenvalue weighted by atomic mass is 35.5. The maximum atomic E-state index is 11.9. The summed E-state index contributed by atoms with van der Waals surface area (Å²) in [5.41, 5.74) is 0.318. The molecule has 1 aromatic rings. The fourth-order valence-corrected chi connectivity index (χ4v) is 1.97. The molecule has 0 aliphatic carbocycles. The number of ketones is 1. The minimum absolute atomic E-state index is 0.0918. The van der Waals surface area contributed by atoms with Gasteiger partial charge in [0.2, 0.25) is 0 Å². The van der Waals surface area contributed by atoms with Crippen molar-refractivity contribution in [2.24, 2.45) is 0 Å². The SMILES string of the molecule is CC(C)Oc1c(Cl)cc(Cl)cc1C(=O)C(C)Cl. The second kappa shape index (κ2) is 5.94. The standard InChI is InChI=1S/C12H13Cl3O2/c1-6(2)17-12-9(11(16)7(3)13)4-8(14)5-10(12)15/h4-7H,1-3H3. The predicted molar refractivity (Wildman–Crippen MR) is 71.9 cm³/mol. The van der Waals surface area contributed by atoms with Gasteiger partial charge in [-0.05, 0) is 32.9 Å². The van der Waals surface area contributed by atoms with Crippen molar-refractivity contribution in [2.45, 2.75) is 32.3 Å². The van der Waals surface area contributed by atoms with Crippen LogP contribution in [0.3, 0.4) is 0 Å². The van der Waals surface area contributed by atoms with Crippen LogP contribution in [0.2, 0.25) is 10.0 Å². The molecule has 0 aromatic heterocycles. The van der Waals surface area contributed by atoms with E-state index in [1.54, 1.807) is 6.92 Å². The van der Waals surface area contributed by atoms with Gasteiger partial charge in [-0.3, -0.25) is 4.79 Å². The summed E-state index contributed by atoms with van der Waals surface area (Å²) in [7, 11) is 0. The van der Waals surface area contributed by atoms with Crippen LogP contribution in [0.5, 0.6) is 5.75 Å². The molecule has 17 heavy (non-hydrogen) atoms. The van der Waals surface area contributed by atoms with E-state index in [0.29, 0.717) is 21.4 Å². The Hall–Kier alpha value is -0.440. The Morgan fingerprint density at radius 2 is 1.82 bits per heavy atom. The minimum atomic E-state index is -0.654. The van der Waals surface area contributed by atoms with Crippen molar-refractivity contribution in [2.75, 3.05) is 0 Å². The van der Waals surface area contributed by atoms with Gasteiger partial charge < -0.3 is 4.74 Å². The third kappa shape index (κ3) is 3.77. The lowest BCUT2D eigenvalue weighted by Crippen LogP contribution is -2.15. The molecule has 0 heterocycles. The smallest absolute Gasteiger partial charge is 0.184 e. The third-order valence-corrected chi connectivity index (χ3v) is 2.69. The Bertz CT molecular complexity index is 428. The van der Waals surface area contributed by atoms with E-state index >= 15 is 0 Å². The minimum Gasteiger partial charge on any atom is -0.489 e. The van der Waals surface area contributed by atoms with E-state index in [1.807, 2.05) is 13.8 Å². The molecule has 2 nitrogen and oxygen atoms in total. The highest BCUT2D eigenvalue weighted by Gasteiger charge is 2.21. The summed E-state index contributed by atoms with van der Waals surface area (Å²) in [6.07, 6.45) is -0.0918. The first-order valence-electron chi connectivity index (χ1n) is 5.17. The number of carbonyl (C=O) groups excluding carboxylic acids is 1. The number of carbonyl (C=O) groups is 1. The van der Waals surface area contributed by atoms with Crippen molar-refractivity contribution in [3.63, 3.8) is 0 Å². The molecule has 0 saturated carbocycles. The Kier molecular flexibility index (Phi) is 5.11. The molecular formula is C12H13Cl3O2. The van der Waals surface area contributed by atoms with Gasteiger partial charge in [0, 0.05) is 5.02 Å². The fourth-order valence-electron chi connectivity index (χ4n) is 1.31. The largest absolute Gasteiger partial charge is 0.489 e.